The maximum atomic E-state index is 6.48. The minimum Gasteiger partial charge on any atom is -0.495 e. The topological polar surface area (TPSA) is 57.4 Å². The minimum absolute atomic E-state index is 0.0133. The van der Waals surface area contributed by atoms with Crippen LogP contribution >= 0.6 is 0 Å². The molecule has 4 nitrogen and oxygen atoms in total. The van der Waals surface area contributed by atoms with Gasteiger partial charge in [-0.3, -0.25) is 4.98 Å². The van der Waals surface area contributed by atoms with E-state index in [9.17, 15) is 0 Å². The summed E-state index contributed by atoms with van der Waals surface area (Å²) in [6.45, 7) is 0.839. The van der Waals surface area contributed by atoms with E-state index in [4.69, 9.17) is 15.2 Å². The zero-order valence-corrected chi connectivity index (χ0v) is 11.5. The van der Waals surface area contributed by atoms with Crippen molar-refractivity contribution in [2.75, 3.05) is 13.7 Å². The highest BCUT2D eigenvalue weighted by Gasteiger charge is 2.44. The minimum atomic E-state index is 0.0133. The molecule has 0 aromatic carbocycles. The van der Waals surface area contributed by atoms with E-state index in [-0.39, 0.29) is 11.6 Å². The summed E-state index contributed by atoms with van der Waals surface area (Å²) < 4.78 is 11.4. The van der Waals surface area contributed by atoms with Crippen LogP contribution in [0.2, 0.25) is 0 Å². The molecule has 2 aliphatic rings. The molecule has 1 saturated heterocycles. The molecule has 0 bridgehead atoms. The summed E-state index contributed by atoms with van der Waals surface area (Å²) in [5.74, 6) is 1.27. The van der Waals surface area contributed by atoms with Crippen LogP contribution in [-0.4, -0.2) is 24.3 Å². The highest BCUT2D eigenvalue weighted by molar-refractivity contribution is 5.33. The van der Waals surface area contributed by atoms with Crippen LogP contribution in [0.25, 0.3) is 0 Å². The second-order valence-electron chi connectivity index (χ2n) is 5.78. The molecular formula is C15H22N2O2. The Hall–Kier alpha value is -1.13. The fourth-order valence-electron chi connectivity index (χ4n) is 3.38. The average Bonchev–Trinajstić information content (AvgIpc) is 2.45. The monoisotopic (exact) mass is 262 g/mol. The number of hydrogen-bond acceptors (Lipinski definition) is 4. The lowest BCUT2D eigenvalue weighted by Gasteiger charge is -2.48. The van der Waals surface area contributed by atoms with E-state index in [1.165, 1.54) is 19.3 Å². The van der Waals surface area contributed by atoms with Crippen LogP contribution < -0.4 is 10.5 Å². The molecule has 3 rings (SSSR count). The van der Waals surface area contributed by atoms with Gasteiger partial charge >= 0.3 is 0 Å². The Morgan fingerprint density at radius 2 is 2.37 bits per heavy atom. The number of ether oxygens (including phenoxy) is 2. The molecule has 1 aliphatic carbocycles. The highest BCUT2D eigenvalue weighted by Crippen LogP contribution is 2.47. The third-order valence-electron chi connectivity index (χ3n) is 4.70. The number of methoxy groups -OCH3 is 1. The first-order valence-corrected chi connectivity index (χ1v) is 7.11. The summed E-state index contributed by atoms with van der Waals surface area (Å²) in [6.07, 6.45) is 9.34. The molecule has 19 heavy (non-hydrogen) atoms. The van der Waals surface area contributed by atoms with Gasteiger partial charge in [0.05, 0.1) is 18.9 Å². The van der Waals surface area contributed by atoms with E-state index in [1.54, 1.807) is 19.5 Å². The van der Waals surface area contributed by atoms with Crippen molar-refractivity contribution in [2.45, 2.75) is 43.7 Å². The molecule has 1 aromatic heterocycles. The molecule has 0 radical (unpaired) electrons. The fourth-order valence-corrected chi connectivity index (χ4v) is 3.38. The molecule has 2 fully saturated rings. The maximum absolute atomic E-state index is 6.48. The van der Waals surface area contributed by atoms with Crippen molar-refractivity contribution in [1.29, 1.82) is 0 Å². The van der Waals surface area contributed by atoms with Crippen molar-refractivity contribution in [3.63, 3.8) is 0 Å². The number of rotatable bonds is 3. The molecule has 2 unspecified atom stereocenters. The zero-order valence-electron chi connectivity index (χ0n) is 11.5. The Morgan fingerprint density at radius 1 is 1.53 bits per heavy atom. The van der Waals surface area contributed by atoms with Gasteiger partial charge in [0.2, 0.25) is 0 Å². The van der Waals surface area contributed by atoms with Crippen molar-refractivity contribution in [2.24, 2.45) is 11.7 Å². The van der Waals surface area contributed by atoms with Gasteiger partial charge in [-0.05, 0) is 44.1 Å². The molecular weight excluding hydrogens is 240 g/mol. The summed E-state index contributed by atoms with van der Waals surface area (Å²) >= 11 is 0. The normalized spacial score (nSPS) is 26.7. The summed E-state index contributed by atoms with van der Waals surface area (Å²) in [6, 6.07) is 1.99. The van der Waals surface area contributed by atoms with Gasteiger partial charge < -0.3 is 15.2 Å². The molecule has 104 valence electrons. The molecule has 2 heterocycles. The van der Waals surface area contributed by atoms with E-state index in [0.717, 1.165) is 30.8 Å². The molecule has 1 saturated carbocycles. The predicted molar refractivity (Wildman–Crippen MR) is 73.0 cm³/mol. The van der Waals surface area contributed by atoms with Crippen molar-refractivity contribution in [3.05, 3.63) is 24.0 Å². The number of nitrogens with zero attached hydrogens (tertiary/aromatic N) is 1. The van der Waals surface area contributed by atoms with Gasteiger partial charge in [0.25, 0.3) is 0 Å². The quantitative estimate of drug-likeness (QED) is 0.909. The zero-order chi connectivity index (χ0) is 13.3. The van der Waals surface area contributed by atoms with Gasteiger partial charge in [-0.25, -0.2) is 0 Å². The Morgan fingerprint density at radius 3 is 3.05 bits per heavy atom. The van der Waals surface area contributed by atoms with E-state index < -0.39 is 0 Å². The molecule has 0 amide bonds. The SMILES string of the molecule is COc1cnccc1C(N)C1CCOC2(CCC2)C1. The fraction of sp³-hybridized carbons (Fsp3) is 0.667. The summed E-state index contributed by atoms with van der Waals surface area (Å²) in [5, 5.41) is 0. The summed E-state index contributed by atoms with van der Waals surface area (Å²) in [7, 11) is 1.67. The number of pyridine rings is 1. The van der Waals surface area contributed by atoms with E-state index >= 15 is 0 Å². The van der Waals surface area contributed by atoms with Gasteiger partial charge in [0.15, 0.2) is 0 Å². The van der Waals surface area contributed by atoms with Gasteiger partial charge in [-0.15, -0.1) is 0 Å². The van der Waals surface area contributed by atoms with E-state index in [2.05, 4.69) is 4.98 Å². The van der Waals surface area contributed by atoms with Crippen LogP contribution in [0.1, 0.15) is 43.7 Å². The summed E-state index contributed by atoms with van der Waals surface area (Å²) in [4.78, 5) is 4.09. The third kappa shape index (κ3) is 2.35. The van der Waals surface area contributed by atoms with E-state index in [1.807, 2.05) is 6.07 Å². The number of nitrogens with two attached hydrogens (primary N) is 1. The predicted octanol–water partition coefficient (Wildman–Crippen LogP) is 2.44. The lowest BCUT2D eigenvalue weighted by atomic mass is 9.70. The Balaban J connectivity index is 1.77. The van der Waals surface area contributed by atoms with Crippen LogP contribution in [0, 0.1) is 5.92 Å². The van der Waals surface area contributed by atoms with Gasteiger partial charge in [0, 0.05) is 24.4 Å². The van der Waals surface area contributed by atoms with Crippen molar-refractivity contribution in [1.82, 2.24) is 4.98 Å². The number of hydrogen-bond donors (Lipinski definition) is 1. The second kappa shape index (κ2) is 5.10. The average molecular weight is 262 g/mol. The Bertz CT molecular complexity index is 446. The maximum Gasteiger partial charge on any atom is 0.141 e. The third-order valence-corrected chi connectivity index (χ3v) is 4.70. The lowest BCUT2D eigenvalue weighted by Crippen LogP contribution is -2.47. The molecule has 1 aliphatic heterocycles. The molecule has 2 N–H and O–H groups in total. The standard InChI is InChI=1S/C15H22N2O2/c1-18-13-10-17-7-3-12(13)14(16)11-4-8-19-15(9-11)5-2-6-15/h3,7,10-11,14H,2,4-6,8-9,16H2,1H3. The van der Waals surface area contributed by atoms with Crippen LogP contribution in [0.5, 0.6) is 5.75 Å². The number of aromatic nitrogens is 1. The van der Waals surface area contributed by atoms with E-state index in [0.29, 0.717) is 5.92 Å². The smallest absolute Gasteiger partial charge is 0.141 e. The van der Waals surface area contributed by atoms with Crippen LogP contribution in [-0.2, 0) is 4.74 Å². The first kappa shape index (κ1) is 12.9. The Labute approximate surface area is 114 Å². The van der Waals surface area contributed by atoms with Gasteiger partial charge in [0.1, 0.15) is 5.75 Å². The molecule has 1 spiro atoms. The van der Waals surface area contributed by atoms with Gasteiger partial charge in [-0.1, -0.05) is 0 Å². The van der Waals surface area contributed by atoms with Crippen LogP contribution in [0.4, 0.5) is 0 Å². The summed E-state index contributed by atoms with van der Waals surface area (Å²) in [5.41, 5.74) is 7.69. The van der Waals surface area contributed by atoms with Gasteiger partial charge in [-0.2, -0.15) is 0 Å². The van der Waals surface area contributed by atoms with Crippen molar-refractivity contribution >= 4 is 0 Å². The molecule has 4 heteroatoms. The van der Waals surface area contributed by atoms with Crippen molar-refractivity contribution < 1.29 is 9.47 Å². The second-order valence-corrected chi connectivity index (χ2v) is 5.78. The largest absolute Gasteiger partial charge is 0.495 e. The highest BCUT2D eigenvalue weighted by atomic mass is 16.5. The molecule has 2 atom stereocenters. The first-order valence-electron chi connectivity index (χ1n) is 7.11. The van der Waals surface area contributed by atoms with Crippen LogP contribution in [0.15, 0.2) is 18.5 Å². The lowest BCUT2D eigenvalue weighted by molar-refractivity contribution is -0.146. The van der Waals surface area contributed by atoms with Crippen molar-refractivity contribution in [3.8, 4) is 5.75 Å². The van der Waals surface area contributed by atoms with Crippen LogP contribution in [0.3, 0.4) is 0 Å². The Kier molecular flexibility index (Phi) is 3.46. The molecule has 1 aromatic rings. The first-order chi connectivity index (χ1) is 9.24.